The molecule has 0 aliphatic heterocycles. The van der Waals surface area contributed by atoms with Crippen molar-refractivity contribution in [3.05, 3.63) is 0 Å². The molecule has 2 N–H and O–H groups in total. The molecule has 0 heterocycles. The van der Waals surface area contributed by atoms with Gasteiger partial charge in [0.2, 0.25) is 0 Å². The van der Waals surface area contributed by atoms with E-state index in [4.69, 9.17) is 0 Å². The van der Waals surface area contributed by atoms with E-state index in [1.54, 1.807) is 0 Å². The van der Waals surface area contributed by atoms with Crippen LogP contribution in [0.3, 0.4) is 0 Å². The maximum atomic E-state index is 10.7. The number of hydrogen-bond donors (Lipinski definition) is 2. The summed E-state index contributed by atoms with van der Waals surface area (Å²) in [6.07, 6.45) is 0.739. The Balaban J connectivity index is 5.06. The molecule has 0 aliphatic carbocycles. The zero-order chi connectivity index (χ0) is 16.6. The van der Waals surface area contributed by atoms with E-state index in [2.05, 4.69) is 69.2 Å². The third-order valence-electron chi connectivity index (χ3n) is 5.09. The molecule has 0 spiro atoms. The summed E-state index contributed by atoms with van der Waals surface area (Å²) in [5.74, 6) is 0. The standard InChI is InChI=1S/C18H38O2/c1-15(2,3)11-14(20)18(9,10)17(7,8)12-13(19)16(4,5)6/h13-14,19-20H,11-12H2,1-10H3. The fourth-order valence-electron chi connectivity index (χ4n) is 2.34. The molecule has 0 aromatic heterocycles. The lowest BCUT2D eigenvalue weighted by Gasteiger charge is -2.48. The molecule has 122 valence electrons. The molecule has 0 fully saturated rings. The fourth-order valence-corrected chi connectivity index (χ4v) is 2.34. The van der Waals surface area contributed by atoms with Crippen molar-refractivity contribution in [3.63, 3.8) is 0 Å². The van der Waals surface area contributed by atoms with E-state index in [9.17, 15) is 10.2 Å². The Bertz CT molecular complexity index is 302. The Morgan fingerprint density at radius 1 is 0.650 bits per heavy atom. The van der Waals surface area contributed by atoms with Crippen LogP contribution in [0.5, 0.6) is 0 Å². The summed E-state index contributed by atoms with van der Waals surface area (Å²) in [5.41, 5.74) is -0.394. The van der Waals surface area contributed by atoms with Crippen molar-refractivity contribution >= 4 is 0 Å². The van der Waals surface area contributed by atoms with Crippen LogP contribution >= 0.6 is 0 Å². The summed E-state index contributed by atoms with van der Waals surface area (Å²) < 4.78 is 0. The molecular weight excluding hydrogens is 248 g/mol. The zero-order valence-electron chi connectivity index (χ0n) is 15.5. The Kier molecular flexibility index (Phi) is 5.94. The highest BCUT2D eigenvalue weighted by Crippen LogP contribution is 2.48. The smallest absolute Gasteiger partial charge is 0.0601 e. The Hall–Kier alpha value is -0.0800. The van der Waals surface area contributed by atoms with Crippen LogP contribution in [0.25, 0.3) is 0 Å². The van der Waals surface area contributed by atoms with Gasteiger partial charge in [-0.05, 0) is 34.5 Å². The third kappa shape index (κ3) is 5.37. The van der Waals surface area contributed by atoms with Gasteiger partial charge < -0.3 is 10.2 Å². The van der Waals surface area contributed by atoms with Crippen LogP contribution in [0.15, 0.2) is 0 Å². The minimum absolute atomic E-state index is 0.107. The predicted octanol–water partition coefficient (Wildman–Crippen LogP) is 4.63. The normalized spacial score (nSPS) is 18.0. The van der Waals surface area contributed by atoms with Crippen LogP contribution in [0, 0.1) is 21.7 Å². The van der Waals surface area contributed by atoms with E-state index < -0.39 is 0 Å². The highest BCUT2D eigenvalue weighted by molar-refractivity contribution is 4.95. The zero-order valence-corrected chi connectivity index (χ0v) is 15.5. The predicted molar refractivity (Wildman–Crippen MR) is 87.7 cm³/mol. The maximum absolute atomic E-state index is 10.7. The topological polar surface area (TPSA) is 40.5 Å². The molecule has 20 heavy (non-hydrogen) atoms. The van der Waals surface area contributed by atoms with Gasteiger partial charge in [0.05, 0.1) is 12.2 Å². The molecule has 0 amide bonds. The maximum Gasteiger partial charge on any atom is 0.0601 e. The van der Waals surface area contributed by atoms with E-state index in [-0.39, 0.29) is 33.9 Å². The molecule has 2 heteroatoms. The SMILES string of the molecule is CC(C)(C)CC(O)C(C)(C)C(C)(C)CC(O)C(C)(C)C. The van der Waals surface area contributed by atoms with Gasteiger partial charge >= 0.3 is 0 Å². The second kappa shape index (κ2) is 5.96. The fraction of sp³-hybridized carbons (Fsp3) is 1.00. The summed E-state index contributed by atoms with van der Waals surface area (Å²) in [6, 6.07) is 0. The van der Waals surface area contributed by atoms with Crippen LogP contribution in [0.1, 0.15) is 82.1 Å². The van der Waals surface area contributed by atoms with Gasteiger partial charge in [0.25, 0.3) is 0 Å². The number of hydrogen-bond acceptors (Lipinski definition) is 2. The molecule has 0 bridgehead atoms. The highest BCUT2D eigenvalue weighted by Gasteiger charge is 2.45. The lowest BCUT2D eigenvalue weighted by atomic mass is 9.59. The Morgan fingerprint density at radius 2 is 1.05 bits per heavy atom. The average Bonchev–Trinajstić information content (AvgIpc) is 2.11. The molecule has 2 nitrogen and oxygen atoms in total. The lowest BCUT2D eigenvalue weighted by molar-refractivity contribution is -0.0850. The van der Waals surface area contributed by atoms with Gasteiger partial charge in [-0.1, -0.05) is 69.2 Å². The van der Waals surface area contributed by atoms with Crippen molar-refractivity contribution in [1.29, 1.82) is 0 Å². The van der Waals surface area contributed by atoms with E-state index in [1.165, 1.54) is 0 Å². The second-order valence-corrected chi connectivity index (χ2v) is 9.97. The van der Waals surface area contributed by atoms with Crippen molar-refractivity contribution in [2.24, 2.45) is 21.7 Å². The van der Waals surface area contributed by atoms with Gasteiger partial charge in [0.1, 0.15) is 0 Å². The summed E-state index contributed by atoms with van der Waals surface area (Å²) >= 11 is 0. The lowest BCUT2D eigenvalue weighted by Crippen LogP contribution is -2.47. The van der Waals surface area contributed by atoms with Gasteiger partial charge in [0, 0.05) is 0 Å². The molecule has 0 saturated heterocycles. The van der Waals surface area contributed by atoms with Gasteiger partial charge in [-0.3, -0.25) is 0 Å². The first-order chi connectivity index (χ1) is 8.51. The summed E-state index contributed by atoms with van der Waals surface area (Å²) in [5, 5.41) is 21.1. The molecule has 0 aliphatic rings. The molecule has 0 aromatic carbocycles. The highest BCUT2D eigenvalue weighted by atomic mass is 16.3. The first kappa shape index (κ1) is 19.9. The largest absolute Gasteiger partial charge is 0.393 e. The van der Waals surface area contributed by atoms with E-state index in [0.717, 1.165) is 6.42 Å². The molecule has 0 saturated carbocycles. The first-order valence-corrected chi connectivity index (χ1v) is 7.87. The van der Waals surface area contributed by atoms with E-state index in [0.29, 0.717) is 6.42 Å². The quantitative estimate of drug-likeness (QED) is 0.773. The molecular formula is C18H38O2. The first-order valence-electron chi connectivity index (χ1n) is 7.87. The molecule has 0 rings (SSSR count). The second-order valence-electron chi connectivity index (χ2n) is 9.97. The monoisotopic (exact) mass is 286 g/mol. The number of aliphatic hydroxyl groups excluding tert-OH is 2. The van der Waals surface area contributed by atoms with Crippen LogP contribution in [-0.2, 0) is 0 Å². The summed E-state index contributed by atoms with van der Waals surface area (Å²) in [4.78, 5) is 0. The Morgan fingerprint density at radius 3 is 1.35 bits per heavy atom. The summed E-state index contributed by atoms with van der Waals surface area (Å²) in [6.45, 7) is 21.2. The molecule has 2 unspecified atom stereocenters. The minimum Gasteiger partial charge on any atom is -0.393 e. The molecule has 0 aromatic rings. The van der Waals surface area contributed by atoms with E-state index >= 15 is 0 Å². The number of rotatable bonds is 5. The molecule has 0 radical (unpaired) electrons. The molecule has 2 atom stereocenters. The third-order valence-corrected chi connectivity index (χ3v) is 5.09. The van der Waals surface area contributed by atoms with Gasteiger partial charge in [-0.15, -0.1) is 0 Å². The number of aliphatic hydroxyl groups is 2. The summed E-state index contributed by atoms with van der Waals surface area (Å²) in [7, 11) is 0. The van der Waals surface area contributed by atoms with Crippen molar-refractivity contribution < 1.29 is 10.2 Å². The van der Waals surface area contributed by atoms with Crippen LogP contribution < -0.4 is 0 Å². The Labute approximate surface area is 127 Å². The van der Waals surface area contributed by atoms with Gasteiger partial charge in [0.15, 0.2) is 0 Å². The minimum atomic E-state index is -0.371. The van der Waals surface area contributed by atoms with Gasteiger partial charge in [-0.25, -0.2) is 0 Å². The van der Waals surface area contributed by atoms with E-state index in [1.807, 2.05) is 0 Å². The van der Waals surface area contributed by atoms with Crippen LogP contribution in [0.4, 0.5) is 0 Å². The van der Waals surface area contributed by atoms with Crippen molar-refractivity contribution in [2.45, 2.75) is 94.3 Å². The average molecular weight is 286 g/mol. The van der Waals surface area contributed by atoms with Gasteiger partial charge in [-0.2, -0.15) is 0 Å². The van der Waals surface area contributed by atoms with Crippen LogP contribution in [0.2, 0.25) is 0 Å². The van der Waals surface area contributed by atoms with Crippen LogP contribution in [-0.4, -0.2) is 22.4 Å². The van der Waals surface area contributed by atoms with Crippen molar-refractivity contribution in [2.75, 3.05) is 0 Å². The van der Waals surface area contributed by atoms with Crippen molar-refractivity contribution in [1.82, 2.24) is 0 Å². The van der Waals surface area contributed by atoms with Crippen molar-refractivity contribution in [3.8, 4) is 0 Å².